The van der Waals surface area contributed by atoms with E-state index in [0.29, 0.717) is 5.69 Å². The van der Waals surface area contributed by atoms with Gasteiger partial charge in [0.05, 0.1) is 17.2 Å². The molecule has 0 atom stereocenters. The molecule has 0 aliphatic rings. The van der Waals surface area contributed by atoms with Crippen LogP contribution in [0.4, 0.5) is 15.8 Å². The van der Waals surface area contributed by atoms with Gasteiger partial charge in [0.2, 0.25) is 5.91 Å². The number of carbonyl (C=O) groups excluding carboxylic acids is 2. The Morgan fingerprint density at radius 1 is 1.33 bits per heavy atom. The summed E-state index contributed by atoms with van der Waals surface area (Å²) in [4.78, 5) is 23.1. The first-order valence-electron chi connectivity index (χ1n) is 6.32. The smallest absolute Gasteiger partial charge is 0.316 e. The fourth-order valence-electron chi connectivity index (χ4n) is 1.42. The highest BCUT2D eigenvalue weighted by molar-refractivity contribution is 8.00. The van der Waals surface area contributed by atoms with E-state index in [1.165, 1.54) is 18.2 Å². The Hall–Kier alpha value is -1.76. The van der Waals surface area contributed by atoms with Gasteiger partial charge in [0.25, 0.3) is 0 Å². The molecule has 0 heterocycles. The molecule has 0 bridgehead atoms. The average Bonchev–Trinajstić information content (AvgIpc) is 2.31. The monoisotopic (exact) mass is 314 g/mol. The minimum Gasteiger partial charge on any atom is -0.459 e. The fourth-order valence-corrected chi connectivity index (χ4v) is 2.00. The molecular formula is C14H19FN2O3S. The molecule has 1 aromatic carbocycles. The predicted molar refractivity (Wildman–Crippen MR) is 82.6 cm³/mol. The van der Waals surface area contributed by atoms with Crippen LogP contribution in [0.3, 0.4) is 0 Å². The third-order valence-electron chi connectivity index (χ3n) is 2.15. The minimum absolute atomic E-state index is 0.0331. The van der Waals surface area contributed by atoms with Gasteiger partial charge in [-0.15, -0.1) is 11.8 Å². The van der Waals surface area contributed by atoms with Crippen LogP contribution in [0.5, 0.6) is 0 Å². The molecule has 0 fully saturated rings. The van der Waals surface area contributed by atoms with Crippen LogP contribution < -0.4 is 11.1 Å². The topological polar surface area (TPSA) is 81.4 Å². The van der Waals surface area contributed by atoms with Crippen molar-refractivity contribution in [1.29, 1.82) is 0 Å². The molecular weight excluding hydrogens is 295 g/mol. The maximum atomic E-state index is 13.0. The number of thioether (sulfide) groups is 1. The molecule has 5 nitrogen and oxygen atoms in total. The summed E-state index contributed by atoms with van der Waals surface area (Å²) in [5, 5.41) is 2.57. The second-order valence-electron chi connectivity index (χ2n) is 5.36. The van der Waals surface area contributed by atoms with E-state index in [0.717, 1.165) is 11.8 Å². The Morgan fingerprint density at radius 3 is 2.57 bits per heavy atom. The number of hydrogen-bond donors (Lipinski definition) is 2. The first kappa shape index (κ1) is 17.3. The van der Waals surface area contributed by atoms with Gasteiger partial charge in [0.15, 0.2) is 0 Å². The van der Waals surface area contributed by atoms with E-state index in [-0.39, 0.29) is 29.1 Å². The van der Waals surface area contributed by atoms with Crippen LogP contribution >= 0.6 is 11.8 Å². The molecule has 21 heavy (non-hydrogen) atoms. The summed E-state index contributed by atoms with van der Waals surface area (Å²) in [6.45, 7) is 5.34. The van der Waals surface area contributed by atoms with Crippen LogP contribution in [0.2, 0.25) is 0 Å². The van der Waals surface area contributed by atoms with Crippen molar-refractivity contribution in [3.8, 4) is 0 Å². The Kier molecular flexibility index (Phi) is 6.02. The molecule has 7 heteroatoms. The van der Waals surface area contributed by atoms with Crippen molar-refractivity contribution < 1.29 is 18.7 Å². The third kappa shape index (κ3) is 6.99. The number of halogens is 1. The van der Waals surface area contributed by atoms with Crippen molar-refractivity contribution in [1.82, 2.24) is 0 Å². The van der Waals surface area contributed by atoms with Crippen LogP contribution in [0.15, 0.2) is 18.2 Å². The zero-order valence-electron chi connectivity index (χ0n) is 12.2. The zero-order valence-corrected chi connectivity index (χ0v) is 13.1. The number of benzene rings is 1. The van der Waals surface area contributed by atoms with Crippen LogP contribution in [-0.4, -0.2) is 29.0 Å². The number of ether oxygens (including phenoxy) is 1. The summed E-state index contributed by atoms with van der Waals surface area (Å²) in [7, 11) is 0. The first-order chi connectivity index (χ1) is 9.67. The SMILES string of the molecule is CC(C)(C)OC(=O)CSCC(=O)Nc1ccc(F)c(N)c1. The number of esters is 1. The number of nitrogens with one attached hydrogen (secondary N) is 1. The van der Waals surface area contributed by atoms with E-state index >= 15 is 0 Å². The number of hydrogen-bond acceptors (Lipinski definition) is 5. The Labute approximate surface area is 127 Å². The Bertz CT molecular complexity index is 529. The lowest BCUT2D eigenvalue weighted by molar-refractivity contribution is -0.151. The van der Waals surface area contributed by atoms with Crippen LogP contribution in [-0.2, 0) is 14.3 Å². The summed E-state index contributed by atoms with van der Waals surface area (Å²) in [5.74, 6) is -1.01. The standard InChI is InChI=1S/C14H19FN2O3S/c1-14(2,3)20-13(19)8-21-7-12(18)17-9-4-5-10(15)11(16)6-9/h4-6H,7-8,16H2,1-3H3,(H,17,18). The zero-order chi connectivity index (χ0) is 16.0. The van der Waals surface area contributed by atoms with Crippen molar-refractivity contribution in [3.63, 3.8) is 0 Å². The Balaban J connectivity index is 2.34. The lowest BCUT2D eigenvalue weighted by Gasteiger charge is -2.19. The molecule has 0 aromatic heterocycles. The normalized spacial score (nSPS) is 11.0. The van der Waals surface area contributed by atoms with Gasteiger partial charge < -0.3 is 15.8 Å². The summed E-state index contributed by atoms with van der Waals surface area (Å²) in [5.41, 5.74) is 5.25. The van der Waals surface area contributed by atoms with Crippen molar-refractivity contribution in [3.05, 3.63) is 24.0 Å². The lowest BCUT2D eigenvalue weighted by Crippen LogP contribution is -2.25. The second kappa shape index (κ2) is 7.31. The number of nitrogens with two attached hydrogens (primary N) is 1. The highest BCUT2D eigenvalue weighted by Crippen LogP contribution is 2.16. The highest BCUT2D eigenvalue weighted by atomic mass is 32.2. The molecule has 0 unspecified atom stereocenters. The maximum absolute atomic E-state index is 13.0. The van der Waals surface area contributed by atoms with E-state index in [9.17, 15) is 14.0 Å². The van der Waals surface area contributed by atoms with Crippen LogP contribution in [0.25, 0.3) is 0 Å². The Morgan fingerprint density at radius 2 is 2.00 bits per heavy atom. The average molecular weight is 314 g/mol. The second-order valence-corrected chi connectivity index (χ2v) is 6.35. The number of anilines is 2. The third-order valence-corrected chi connectivity index (χ3v) is 3.06. The van der Waals surface area contributed by atoms with E-state index in [1.807, 2.05) is 0 Å². The summed E-state index contributed by atoms with van der Waals surface area (Å²) in [6, 6.07) is 3.94. The van der Waals surface area contributed by atoms with Crippen molar-refractivity contribution in [2.45, 2.75) is 26.4 Å². The van der Waals surface area contributed by atoms with Gasteiger partial charge in [0, 0.05) is 5.69 Å². The van der Waals surface area contributed by atoms with Gasteiger partial charge in [-0.25, -0.2) is 4.39 Å². The molecule has 3 N–H and O–H groups in total. The number of rotatable bonds is 5. The molecule has 0 aliphatic carbocycles. The van der Waals surface area contributed by atoms with Crippen molar-refractivity contribution in [2.75, 3.05) is 22.6 Å². The van der Waals surface area contributed by atoms with E-state index < -0.39 is 11.4 Å². The molecule has 0 saturated carbocycles. The lowest BCUT2D eigenvalue weighted by atomic mass is 10.2. The quantitative estimate of drug-likeness (QED) is 0.644. The summed E-state index contributed by atoms with van der Waals surface area (Å²) in [6.07, 6.45) is 0. The maximum Gasteiger partial charge on any atom is 0.316 e. The van der Waals surface area contributed by atoms with Crippen molar-refractivity contribution in [2.24, 2.45) is 0 Å². The van der Waals surface area contributed by atoms with Crippen LogP contribution in [0.1, 0.15) is 20.8 Å². The van der Waals surface area contributed by atoms with E-state index in [2.05, 4.69) is 5.32 Å². The predicted octanol–water partition coefficient (Wildman–Crippen LogP) is 2.42. The summed E-state index contributed by atoms with van der Waals surface area (Å²) < 4.78 is 18.1. The molecule has 1 amide bonds. The number of nitrogen functional groups attached to an aromatic ring is 1. The van der Waals surface area contributed by atoms with E-state index in [1.54, 1.807) is 20.8 Å². The highest BCUT2D eigenvalue weighted by Gasteiger charge is 2.16. The van der Waals surface area contributed by atoms with Gasteiger partial charge in [-0.1, -0.05) is 0 Å². The van der Waals surface area contributed by atoms with E-state index in [4.69, 9.17) is 10.5 Å². The van der Waals surface area contributed by atoms with Gasteiger partial charge >= 0.3 is 5.97 Å². The van der Waals surface area contributed by atoms with Gasteiger partial charge in [-0.05, 0) is 39.0 Å². The number of amides is 1. The first-order valence-corrected chi connectivity index (χ1v) is 7.47. The van der Waals surface area contributed by atoms with Gasteiger partial charge in [-0.2, -0.15) is 0 Å². The number of carbonyl (C=O) groups is 2. The molecule has 116 valence electrons. The van der Waals surface area contributed by atoms with Crippen LogP contribution in [0, 0.1) is 5.82 Å². The molecule has 0 radical (unpaired) electrons. The minimum atomic E-state index is -0.536. The largest absolute Gasteiger partial charge is 0.459 e. The van der Waals surface area contributed by atoms with Gasteiger partial charge in [-0.3, -0.25) is 9.59 Å². The summed E-state index contributed by atoms with van der Waals surface area (Å²) >= 11 is 1.14. The van der Waals surface area contributed by atoms with Gasteiger partial charge in [0.1, 0.15) is 11.4 Å². The molecule has 1 rings (SSSR count). The molecule has 0 saturated heterocycles. The van der Waals surface area contributed by atoms with Crippen molar-refractivity contribution >= 4 is 35.0 Å². The fraction of sp³-hybridized carbons (Fsp3) is 0.429. The molecule has 0 spiro atoms. The molecule has 0 aliphatic heterocycles. The molecule has 1 aromatic rings.